The number of rotatable bonds is 3. The summed E-state index contributed by atoms with van der Waals surface area (Å²) in [5.41, 5.74) is 0.331. The number of nitrogens with one attached hydrogen (secondary N) is 1. The Kier molecular flexibility index (Phi) is 4.48. The Labute approximate surface area is 121 Å². The SMILES string of the molecule is CC[C@@]1(OC(=O)c2ccccc2)C[C@H](C)[NH+](C)C[C@H]1C. The molecule has 1 aliphatic rings. The standard InChI is InChI=1S/C17H25NO2/c1-5-17(11-14(3)18(4)12-13(17)2)20-16(19)15-9-7-6-8-10-15/h6-10,13-14H,5,11-12H2,1-4H3/p+1/t13-,14+,17-/m1/s1. The van der Waals surface area contributed by atoms with E-state index in [1.54, 1.807) is 0 Å². The first kappa shape index (κ1) is 15.0. The fourth-order valence-electron chi connectivity index (χ4n) is 3.29. The molecule has 20 heavy (non-hydrogen) atoms. The van der Waals surface area contributed by atoms with Crippen LogP contribution in [-0.2, 0) is 4.74 Å². The highest BCUT2D eigenvalue weighted by molar-refractivity contribution is 5.89. The summed E-state index contributed by atoms with van der Waals surface area (Å²) in [4.78, 5) is 13.9. The van der Waals surface area contributed by atoms with Gasteiger partial charge in [0.2, 0.25) is 0 Å². The fourth-order valence-corrected chi connectivity index (χ4v) is 3.29. The molecule has 2 rings (SSSR count). The first-order valence-electron chi connectivity index (χ1n) is 7.59. The molecule has 1 heterocycles. The minimum Gasteiger partial charge on any atom is -0.455 e. The Bertz CT molecular complexity index is 459. The molecular weight excluding hydrogens is 250 g/mol. The van der Waals surface area contributed by atoms with Crippen LogP contribution >= 0.6 is 0 Å². The molecule has 0 spiro atoms. The predicted molar refractivity (Wildman–Crippen MR) is 79.9 cm³/mol. The van der Waals surface area contributed by atoms with Crippen LogP contribution in [0.15, 0.2) is 30.3 Å². The number of likely N-dealkylation sites (tertiary alicyclic amines) is 1. The van der Waals surface area contributed by atoms with Gasteiger partial charge < -0.3 is 9.64 Å². The Hall–Kier alpha value is -1.35. The molecule has 1 N–H and O–H groups in total. The van der Waals surface area contributed by atoms with Crippen LogP contribution in [0.4, 0.5) is 0 Å². The highest BCUT2D eigenvalue weighted by Gasteiger charge is 2.47. The summed E-state index contributed by atoms with van der Waals surface area (Å²) < 4.78 is 5.99. The molecule has 1 unspecified atom stereocenters. The van der Waals surface area contributed by atoms with Gasteiger partial charge in [-0.05, 0) is 25.5 Å². The summed E-state index contributed by atoms with van der Waals surface area (Å²) in [5, 5.41) is 0. The zero-order valence-electron chi connectivity index (χ0n) is 13.0. The van der Waals surface area contributed by atoms with E-state index >= 15 is 0 Å². The van der Waals surface area contributed by atoms with Crippen LogP contribution in [0.1, 0.15) is 44.0 Å². The van der Waals surface area contributed by atoms with Gasteiger partial charge >= 0.3 is 5.97 Å². The maximum atomic E-state index is 12.4. The van der Waals surface area contributed by atoms with Crippen molar-refractivity contribution < 1.29 is 14.4 Å². The Morgan fingerprint density at radius 1 is 1.35 bits per heavy atom. The zero-order valence-corrected chi connectivity index (χ0v) is 13.0. The average Bonchev–Trinajstić information content (AvgIpc) is 2.45. The van der Waals surface area contributed by atoms with Crippen molar-refractivity contribution in [3.63, 3.8) is 0 Å². The van der Waals surface area contributed by atoms with E-state index in [-0.39, 0.29) is 11.6 Å². The molecule has 4 atom stereocenters. The quantitative estimate of drug-likeness (QED) is 0.855. The lowest BCUT2D eigenvalue weighted by Crippen LogP contribution is -3.15. The van der Waals surface area contributed by atoms with Gasteiger partial charge in [0.1, 0.15) is 5.60 Å². The molecular formula is C17H26NO2+. The van der Waals surface area contributed by atoms with Crippen LogP contribution in [0.5, 0.6) is 0 Å². The molecule has 1 saturated heterocycles. The van der Waals surface area contributed by atoms with Crippen molar-refractivity contribution in [2.45, 2.75) is 45.3 Å². The third-order valence-electron chi connectivity index (χ3n) is 4.92. The van der Waals surface area contributed by atoms with Gasteiger partial charge in [0.05, 0.1) is 25.2 Å². The number of ether oxygens (including phenoxy) is 1. The molecule has 110 valence electrons. The Balaban J connectivity index is 2.17. The number of hydrogen-bond acceptors (Lipinski definition) is 2. The number of benzene rings is 1. The van der Waals surface area contributed by atoms with Gasteiger partial charge in [-0.3, -0.25) is 0 Å². The molecule has 1 aromatic carbocycles. The van der Waals surface area contributed by atoms with E-state index < -0.39 is 0 Å². The van der Waals surface area contributed by atoms with Crippen molar-refractivity contribution in [1.29, 1.82) is 0 Å². The number of carbonyl (C=O) groups is 1. The van der Waals surface area contributed by atoms with Gasteiger partial charge in [0.15, 0.2) is 0 Å². The van der Waals surface area contributed by atoms with E-state index in [0.717, 1.165) is 19.4 Å². The second-order valence-electron chi connectivity index (χ2n) is 6.23. The average molecular weight is 276 g/mol. The summed E-state index contributed by atoms with van der Waals surface area (Å²) in [7, 11) is 2.22. The molecule has 1 aromatic rings. The summed E-state index contributed by atoms with van der Waals surface area (Å²) in [6.07, 6.45) is 1.82. The van der Waals surface area contributed by atoms with Crippen LogP contribution in [0.25, 0.3) is 0 Å². The number of esters is 1. The smallest absolute Gasteiger partial charge is 0.338 e. The van der Waals surface area contributed by atoms with Gasteiger partial charge in [0, 0.05) is 12.3 Å². The van der Waals surface area contributed by atoms with Crippen molar-refractivity contribution in [3.8, 4) is 0 Å². The number of quaternary nitrogens is 1. The van der Waals surface area contributed by atoms with Gasteiger partial charge in [-0.15, -0.1) is 0 Å². The van der Waals surface area contributed by atoms with Crippen LogP contribution in [0.2, 0.25) is 0 Å². The molecule has 1 fully saturated rings. The lowest BCUT2D eigenvalue weighted by atomic mass is 9.77. The molecule has 0 aliphatic carbocycles. The molecule has 0 radical (unpaired) electrons. The van der Waals surface area contributed by atoms with Gasteiger partial charge in [-0.2, -0.15) is 0 Å². The van der Waals surface area contributed by atoms with Gasteiger partial charge in [-0.1, -0.05) is 32.0 Å². The third kappa shape index (κ3) is 2.88. The van der Waals surface area contributed by atoms with Crippen molar-refractivity contribution in [2.75, 3.05) is 13.6 Å². The van der Waals surface area contributed by atoms with Crippen LogP contribution in [0.3, 0.4) is 0 Å². The highest BCUT2D eigenvalue weighted by atomic mass is 16.6. The second-order valence-corrected chi connectivity index (χ2v) is 6.23. The van der Waals surface area contributed by atoms with Crippen molar-refractivity contribution in [1.82, 2.24) is 0 Å². The van der Waals surface area contributed by atoms with Crippen LogP contribution in [-0.4, -0.2) is 31.2 Å². The minimum absolute atomic E-state index is 0.189. The molecule has 0 amide bonds. The molecule has 0 bridgehead atoms. The topological polar surface area (TPSA) is 30.7 Å². The lowest BCUT2D eigenvalue weighted by Gasteiger charge is -2.45. The normalized spacial score (nSPS) is 33.7. The van der Waals surface area contributed by atoms with E-state index in [9.17, 15) is 4.79 Å². The lowest BCUT2D eigenvalue weighted by molar-refractivity contribution is -0.915. The minimum atomic E-state index is -0.314. The molecule has 3 heteroatoms. The first-order chi connectivity index (χ1) is 9.48. The molecule has 0 saturated carbocycles. The summed E-state index contributed by atoms with van der Waals surface area (Å²) >= 11 is 0. The maximum absolute atomic E-state index is 12.4. The van der Waals surface area contributed by atoms with Gasteiger partial charge in [-0.25, -0.2) is 4.79 Å². The van der Waals surface area contributed by atoms with Crippen molar-refractivity contribution in [3.05, 3.63) is 35.9 Å². The number of piperidine rings is 1. The predicted octanol–water partition coefficient (Wildman–Crippen LogP) is 1.94. The fraction of sp³-hybridized carbons (Fsp3) is 0.588. The number of hydrogen-bond donors (Lipinski definition) is 1. The second kappa shape index (κ2) is 5.96. The number of carbonyl (C=O) groups excluding carboxylic acids is 1. The molecule has 3 nitrogen and oxygen atoms in total. The van der Waals surface area contributed by atoms with E-state index in [1.807, 2.05) is 30.3 Å². The van der Waals surface area contributed by atoms with Crippen molar-refractivity contribution in [2.24, 2.45) is 5.92 Å². The zero-order chi connectivity index (χ0) is 14.8. The van der Waals surface area contributed by atoms with E-state index in [4.69, 9.17) is 4.74 Å². The van der Waals surface area contributed by atoms with E-state index in [1.165, 1.54) is 4.90 Å². The van der Waals surface area contributed by atoms with Crippen molar-refractivity contribution >= 4 is 5.97 Å². The maximum Gasteiger partial charge on any atom is 0.338 e. The third-order valence-corrected chi connectivity index (χ3v) is 4.92. The van der Waals surface area contributed by atoms with Gasteiger partial charge in [0.25, 0.3) is 0 Å². The molecule has 0 aromatic heterocycles. The Morgan fingerprint density at radius 3 is 2.60 bits per heavy atom. The van der Waals surface area contributed by atoms with Crippen LogP contribution < -0.4 is 4.90 Å². The summed E-state index contributed by atoms with van der Waals surface area (Å²) in [6, 6.07) is 9.82. The Morgan fingerprint density at radius 2 is 2.00 bits per heavy atom. The molecule has 1 aliphatic heterocycles. The van der Waals surface area contributed by atoms with Crippen LogP contribution in [0, 0.1) is 5.92 Å². The first-order valence-corrected chi connectivity index (χ1v) is 7.59. The largest absolute Gasteiger partial charge is 0.455 e. The monoisotopic (exact) mass is 276 g/mol. The summed E-state index contributed by atoms with van der Waals surface area (Å²) in [5.74, 6) is 0.197. The highest BCUT2D eigenvalue weighted by Crippen LogP contribution is 2.33. The van der Waals surface area contributed by atoms with E-state index in [0.29, 0.717) is 17.5 Å². The van der Waals surface area contributed by atoms with E-state index in [2.05, 4.69) is 27.8 Å². The summed E-state index contributed by atoms with van der Waals surface area (Å²) in [6.45, 7) is 7.62.